The van der Waals surface area contributed by atoms with E-state index in [1.807, 2.05) is 34.9 Å². The van der Waals surface area contributed by atoms with Gasteiger partial charge in [-0.1, -0.05) is 41.9 Å². The number of hydrogen-bond acceptors (Lipinski definition) is 1. The number of aromatic nitrogens is 1. The SMILES string of the molecule is O=Cc1c(Cl)n(Cc2ccccc2)c2ccc(F)cc12. The predicted octanol–water partition coefficient (Wildman–Crippen LogP) is 4.29. The first-order valence-corrected chi connectivity index (χ1v) is 6.55. The molecule has 100 valence electrons. The second-order valence-electron chi connectivity index (χ2n) is 4.56. The molecule has 3 rings (SSSR count). The lowest BCUT2D eigenvalue weighted by Crippen LogP contribution is -1.99. The monoisotopic (exact) mass is 287 g/mol. The molecule has 0 aliphatic carbocycles. The van der Waals surface area contributed by atoms with Gasteiger partial charge in [-0.3, -0.25) is 4.79 Å². The van der Waals surface area contributed by atoms with Gasteiger partial charge in [0.25, 0.3) is 0 Å². The number of halogens is 2. The summed E-state index contributed by atoms with van der Waals surface area (Å²) in [6.07, 6.45) is 0.672. The van der Waals surface area contributed by atoms with Crippen LogP contribution >= 0.6 is 11.6 Å². The van der Waals surface area contributed by atoms with Gasteiger partial charge in [0.15, 0.2) is 6.29 Å². The van der Waals surface area contributed by atoms with Crippen LogP contribution in [-0.2, 0) is 6.54 Å². The van der Waals surface area contributed by atoms with Gasteiger partial charge in [0.1, 0.15) is 11.0 Å². The number of carbonyl (C=O) groups excluding carboxylic acids is 1. The van der Waals surface area contributed by atoms with Crippen LogP contribution in [0.25, 0.3) is 10.9 Å². The van der Waals surface area contributed by atoms with Crippen LogP contribution < -0.4 is 0 Å². The van der Waals surface area contributed by atoms with Crippen molar-refractivity contribution in [2.75, 3.05) is 0 Å². The van der Waals surface area contributed by atoms with Gasteiger partial charge in [-0.05, 0) is 23.8 Å². The quantitative estimate of drug-likeness (QED) is 0.659. The van der Waals surface area contributed by atoms with E-state index in [9.17, 15) is 9.18 Å². The van der Waals surface area contributed by atoms with E-state index in [0.29, 0.717) is 28.9 Å². The van der Waals surface area contributed by atoms with Crippen molar-refractivity contribution in [1.82, 2.24) is 4.57 Å². The summed E-state index contributed by atoms with van der Waals surface area (Å²) in [6.45, 7) is 0.537. The van der Waals surface area contributed by atoms with Crippen LogP contribution in [0.1, 0.15) is 15.9 Å². The number of aldehydes is 1. The molecule has 2 nitrogen and oxygen atoms in total. The van der Waals surface area contributed by atoms with Crippen molar-refractivity contribution in [2.24, 2.45) is 0 Å². The standard InChI is InChI=1S/C16H11ClFNO/c17-16-14(10-20)13-8-12(18)6-7-15(13)19(16)9-11-4-2-1-3-5-11/h1-8,10H,9H2. The predicted molar refractivity (Wildman–Crippen MR) is 77.8 cm³/mol. The average molecular weight is 288 g/mol. The van der Waals surface area contributed by atoms with Crippen molar-refractivity contribution in [3.8, 4) is 0 Å². The third kappa shape index (κ3) is 2.10. The number of benzene rings is 2. The number of nitrogens with zero attached hydrogens (tertiary/aromatic N) is 1. The third-order valence-electron chi connectivity index (χ3n) is 3.30. The number of rotatable bonds is 3. The molecule has 0 saturated carbocycles. The summed E-state index contributed by atoms with van der Waals surface area (Å²) in [5.41, 5.74) is 2.15. The van der Waals surface area contributed by atoms with E-state index < -0.39 is 0 Å². The molecule has 2 aromatic carbocycles. The Kier molecular flexibility index (Phi) is 3.28. The summed E-state index contributed by atoms with van der Waals surface area (Å²) in [4.78, 5) is 11.2. The molecule has 0 N–H and O–H groups in total. The molecule has 0 bridgehead atoms. The second-order valence-corrected chi connectivity index (χ2v) is 4.91. The molecule has 0 saturated heterocycles. The molecule has 0 unspecified atom stereocenters. The van der Waals surface area contributed by atoms with E-state index in [-0.39, 0.29) is 5.82 Å². The van der Waals surface area contributed by atoms with Crippen LogP contribution in [0.2, 0.25) is 5.15 Å². The molecule has 0 fully saturated rings. The topological polar surface area (TPSA) is 22.0 Å². The van der Waals surface area contributed by atoms with Gasteiger partial charge >= 0.3 is 0 Å². The molecule has 0 amide bonds. The molecule has 0 radical (unpaired) electrons. The Balaban J connectivity index is 2.20. The Morgan fingerprint density at radius 2 is 1.90 bits per heavy atom. The van der Waals surface area contributed by atoms with Crippen LogP contribution in [0.3, 0.4) is 0 Å². The molecule has 0 aliphatic heterocycles. The lowest BCUT2D eigenvalue weighted by atomic mass is 10.2. The zero-order valence-electron chi connectivity index (χ0n) is 10.5. The normalized spacial score (nSPS) is 10.9. The minimum Gasteiger partial charge on any atom is -0.327 e. The highest BCUT2D eigenvalue weighted by Gasteiger charge is 2.15. The van der Waals surface area contributed by atoms with E-state index in [1.54, 1.807) is 6.07 Å². The van der Waals surface area contributed by atoms with Gasteiger partial charge in [-0.25, -0.2) is 4.39 Å². The fourth-order valence-corrected chi connectivity index (χ4v) is 2.65. The Bertz CT molecular complexity index is 780. The van der Waals surface area contributed by atoms with Crippen LogP contribution in [-0.4, -0.2) is 10.9 Å². The highest BCUT2D eigenvalue weighted by Crippen LogP contribution is 2.30. The number of carbonyl (C=O) groups is 1. The van der Waals surface area contributed by atoms with Gasteiger partial charge in [0, 0.05) is 11.9 Å². The first-order chi connectivity index (χ1) is 9.70. The maximum absolute atomic E-state index is 13.4. The molecule has 4 heteroatoms. The molecular weight excluding hydrogens is 277 g/mol. The minimum atomic E-state index is -0.380. The van der Waals surface area contributed by atoms with Gasteiger partial charge < -0.3 is 4.57 Å². The fraction of sp³-hybridized carbons (Fsp3) is 0.0625. The van der Waals surface area contributed by atoms with E-state index >= 15 is 0 Å². The fourth-order valence-electron chi connectivity index (χ4n) is 2.35. The lowest BCUT2D eigenvalue weighted by Gasteiger charge is -2.07. The average Bonchev–Trinajstić information content (AvgIpc) is 2.71. The molecule has 1 heterocycles. The van der Waals surface area contributed by atoms with Crippen molar-refractivity contribution in [1.29, 1.82) is 0 Å². The Labute approximate surface area is 120 Å². The molecule has 1 aromatic heterocycles. The van der Waals surface area contributed by atoms with Crippen molar-refractivity contribution < 1.29 is 9.18 Å². The molecular formula is C16H11ClFNO. The van der Waals surface area contributed by atoms with E-state index in [0.717, 1.165) is 11.1 Å². The summed E-state index contributed by atoms with van der Waals surface area (Å²) in [5.74, 6) is -0.380. The first-order valence-electron chi connectivity index (χ1n) is 6.17. The summed E-state index contributed by atoms with van der Waals surface area (Å²) in [7, 11) is 0. The number of fused-ring (bicyclic) bond motifs is 1. The van der Waals surface area contributed by atoms with Gasteiger partial charge in [0.05, 0.1) is 11.1 Å². The Hall–Kier alpha value is -2.13. The Morgan fingerprint density at radius 1 is 1.15 bits per heavy atom. The van der Waals surface area contributed by atoms with Crippen LogP contribution in [0.15, 0.2) is 48.5 Å². The van der Waals surface area contributed by atoms with Crippen molar-refractivity contribution in [3.63, 3.8) is 0 Å². The zero-order chi connectivity index (χ0) is 14.1. The summed E-state index contributed by atoms with van der Waals surface area (Å²) < 4.78 is 15.2. The smallest absolute Gasteiger partial charge is 0.153 e. The minimum absolute atomic E-state index is 0.331. The van der Waals surface area contributed by atoms with E-state index in [1.165, 1.54) is 12.1 Å². The Morgan fingerprint density at radius 3 is 2.60 bits per heavy atom. The van der Waals surface area contributed by atoms with Crippen molar-refractivity contribution >= 4 is 28.8 Å². The summed E-state index contributed by atoms with van der Waals surface area (Å²) in [5, 5.41) is 0.880. The highest BCUT2D eigenvalue weighted by molar-refractivity contribution is 6.34. The molecule has 0 aliphatic rings. The van der Waals surface area contributed by atoms with Crippen LogP contribution in [0.4, 0.5) is 4.39 Å². The van der Waals surface area contributed by atoms with E-state index in [4.69, 9.17) is 11.6 Å². The molecule has 20 heavy (non-hydrogen) atoms. The molecule has 3 aromatic rings. The van der Waals surface area contributed by atoms with Crippen molar-refractivity contribution in [2.45, 2.75) is 6.54 Å². The van der Waals surface area contributed by atoms with Crippen LogP contribution in [0.5, 0.6) is 0 Å². The van der Waals surface area contributed by atoms with Gasteiger partial charge in [-0.15, -0.1) is 0 Å². The second kappa shape index (κ2) is 5.10. The first kappa shape index (κ1) is 12.9. The van der Waals surface area contributed by atoms with Gasteiger partial charge in [0.2, 0.25) is 0 Å². The maximum atomic E-state index is 13.4. The molecule has 0 atom stereocenters. The van der Waals surface area contributed by atoms with Crippen molar-refractivity contribution in [3.05, 3.63) is 70.6 Å². The van der Waals surface area contributed by atoms with E-state index in [2.05, 4.69) is 0 Å². The lowest BCUT2D eigenvalue weighted by molar-refractivity contribution is 0.112. The summed E-state index contributed by atoms with van der Waals surface area (Å²) in [6, 6.07) is 14.1. The summed E-state index contributed by atoms with van der Waals surface area (Å²) >= 11 is 6.26. The number of hydrogen-bond donors (Lipinski definition) is 0. The molecule has 0 spiro atoms. The van der Waals surface area contributed by atoms with Crippen LogP contribution in [0, 0.1) is 5.82 Å². The van der Waals surface area contributed by atoms with Gasteiger partial charge in [-0.2, -0.15) is 0 Å². The third-order valence-corrected chi connectivity index (χ3v) is 3.71. The largest absolute Gasteiger partial charge is 0.327 e. The highest BCUT2D eigenvalue weighted by atomic mass is 35.5. The zero-order valence-corrected chi connectivity index (χ0v) is 11.3. The maximum Gasteiger partial charge on any atom is 0.153 e.